The van der Waals surface area contributed by atoms with Crippen molar-refractivity contribution in [1.29, 1.82) is 0 Å². The molecule has 0 aliphatic rings. The summed E-state index contributed by atoms with van der Waals surface area (Å²) in [6, 6.07) is 9.00. The van der Waals surface area contributed by atoms with E-state index >= 15 is 0 Å². The molecule has 0 fully saturated rings. The number of hydrogen-bond acceptors (Lipinski definition) is 5. The van der Waals surface area contributed by atoms with Gasteiger partial charge in [0.05, 0.1) is 5.92 Å². The summed E-state index contributed by atoms with van der Waals surface area (Å²) in [5.74, 6) is -3.05. The zero-order chi connectivity index (χ0) is 22.2. The fourth-order valence-corrected chi connectivity index (χ4v) is 2.83. The number of carbonyl (C=O) groups excluding carboxylic acids is 1. The van der Waals surface area contributed by atoms with E-state index < -0.39 is 41.1 Å². The Hall–Kier alpha value is -2.61. The van der Waals surface area contributed by atoms with Crippen LogP contribution in [0.1, 0.15) is 46.6 Å². The molecule has 162 valence electrons. The summed E-state index contributed by atoms with van der Waals surface area (Å²) in [5, 5.41) is 24.5. The largest absolute Gasteiger partial charge is 0.481 e. The van der Waals surface area contributed by atoms with Gasteiger partial charge in [-0.3, -0.25) is 9.59 Å². The van der Waals surface area contributed by atoms with Gasteiger partial charge in [0.2, 0.25) is 0 Å². The Bertz CT molecular complexity index is 701. The van der Waals surface area contributed by atoms with Crippen molar-refractivity contribution in [3.05, 3.63) is 35.9 Å². The number of amides is 1. The van der Waals surface area contributed by atoms with Crippen molar-refractivity contribution < 1.29 is 29.3 Å². The van der Waals surface area contributed by atoms with Gasteiger partial charge in [-0.15, -0.1) is 0 Å². The highest BCUT2D eigenvalue weighted by molar-refractivity contribution is 5.80. The number of hydrogen-bond donors (Lipinski definition) is 4. The smallest absolute Gasteiger partial charge is 0.407 e. The molecule has 0 radical (unpaired) electrons. The molecule has 29 heavy (non-hydrogen) atoms. The molecule has 0 bridgehead atoms. The van der Waals surface area contributed by atoms with Crippen LogP contribution in [-0.2, 0) is 20.7 Å². The number of carboxylic acid groups (broad SMARTS) is 2. The van der Waals surface area contributed by atoms with E-state index in [4.69, 9.17) is 9.84 Å². The lowest BCUT2D eigenvalue weighted by Gasteiger charge is -2.31. The highest BCUT2D eigenvalue weighted by Gasteiger charge is 2.37. The van der Waals surface area contributed by atoms with Crippen molar-refractivity contribution in [3.63, 3.8) is 0 Å². The number of aliphatic carboxylic acids is 2. The van der Waals surface area contributed by atoms with Crippen LogP contribution in [0, 0.1) is 5.92 Å². The van der Waals surface area contributed by atoms with Crippen LogP contribution < -0.4 is 10.6 Å². The van der Waals surface area contributed by atoms with Gasteiger partial charge in [-0.25, -0.2) is 4.79 Å². The fourth-order valence-electron chi connectivity index (χ4n) is 2.83. The van der Waals surface area contributed by atoms with Crippen molar-refractivity contribution in [2.75, 3.05) is 6.54 Å². The van der Waals surface area contributed by atoms with E-state index in [2.05, 4.69) is 10.6 Å². The van der Waals surface area contributed by atoms with E-state index in [1.54, 1.807) is 20.8 Å². The van der Waals surface area contributed by atoms with Crippen molar-refractivity contribution >= 4 is 18.0 Å². The molecule has 1 aromatic rings. The molecule has 3 unspecified atom stereocenters. The quantitative estimate of drug-likeness (QED) is 0.469. The molecule has 0 aromatic heterocycles. The highest BCUT2D eigenvalue weighted by Crippen LogP contribution is 2.18. The van der Waals surface area contributed by atoms with E-state index in [0.717, 1.165) is 5.56 Å². The number of benzene rings is 1. The second-order valence-corrected chi connectivity index (χ2v) is 8.49. The van der Waals surface area contributed by atoms with Crippen LogP contribution in [0.3, 0.4) is 0 Å². The Morgan fingerprint density at radius 2 is 1.66 bits per heavy atom. The van der Waals surface area contributed by atoms with Gasteiger partial charge in [0, 0.05) is 12.6 Å². The molecule has 0 saturated heterocycles. The molecule has 4 N–H and O–H groups in total. The number of alkyl carbamates (subject to hydrolysis) is 1. The third kappa shape index (κ3) is 8.95. The maximum Gasteiger partial charge on any atom is 0.407 e. The van der Waals surface area contributed by atoms with Crippen LogP contribution in [0.25, 0.3) is 0 Å². The van der Waals surface area contributed by atoms with Crippen LogP contribution in [-0.4, -0.2) is 52.0 Å². The molecule has 1 rings (SSSR count). The third-order valence-corrected chi connectivity index (χ3v) is 4.39. The molecule has 3 atom stereocenters. The minimum absolute atomic E-state index is 0.0951. The lowest BCUT2D eigenvalue weighted by molar-refractivity contribution is -0.147. The van der Waals surface area contributed by atoms with Crippen molar-refractivity contribution in [1.82, 2.24) is 10.6 Å². The van der Waals surface area contributed by atoms with E-state index in [0.29, 0.717) is 6.42 Å². The average molecular weight is 408 g/mol. The molecule has 0 heterocycles. The number of ether oxygens (including phenoxy) is 1. The van der Waals surface area contributed by atoms with E-state index in [9.17, 15) is 19.5 Å². The van der Waals surface area contributed by atoms with Gasteiger partial charge in [-0.2, -0.15) is 0 Å². The Morgan fingerprint density at radius 3 is 2.14 bits per heavy atom. The van der Waals surface area contributed by atoms with Crippen LogP contribution in [0.15, 0.2) is 30.3 Å². The molecule has 8 heteroatoms. The van der Waals surface area contributed by atoms with Gasteiger partial charge >= 0.3 is 18.0 Å². The van der Waals surface area contributed by atoms with Gasteiger partial charge in [0.15, 0.2) is 0 Å². The van der Waals surface area contributed by atoms with Gasteiger partial charge in [-0.1, -0.05) is 37.3 Å². The second kappa shape index (κ2) is 10.2. The Balaban J connectivity index is 2.92. The summed E-state index contributed by atoms with van der Waals surface area (Å²) in [6.45, 7) is 8.31. The van der Waals surface area contributed by atoms with Crippen molar-refractivity contribution in [2.45, 2.75) is 64.6 Å². The Kier molecular flexibility index (Phi) is 8.63. The minimum atomic E-state index is -1.46. The third-order valence-electron chi connectivity index (χ3n) is 4.39. The molecule has 1 aromatic carbocycles. The zero-order valence-corrected chi connectivity index (χ0v) is 17.7. The lowest BCUT2D eigenvalue weighted by Crippen LogP contribution is -2.56. The summed E-state index contributed by atoms with van der Waals surface area (Å²) in [5.41, 5.74) is -1.16. The molecule has 0 spiro atoms. The Labute approximate surface area is 171 Å². The number of rotatable bonds is 10. The average Bonchev–Trinajstić information content (AvgIpc) is 2.58. The number of nitrogens with one attached hydrogen (secondary N) is 2. The van der Waals surface area contributed by atoms with E-state index in [1.807, 2.05) is 30.3 Å². The van der Waals surface area contributed by atoms with Crippen molar-refractivity contribution in [2.24, 2.45) is 5.92 Å². The first kappa shape index (κ1) is 24.4. The van der Waals surface area contributed by atoms with Gasteiger partial charge in [-0.05, 0) is 46.1 Å². The Morgan fingerprint density at radius 1 is 1.07 bits per heavy atom. The monoisotopic (exact) mass is 408 g/mol. The first-order chi connectivity index (χ1) is 13.3. The molecular formula is C21H32N2O6. The molecular weight excluding hydrogens is 376 g/mol. The van der Waals surface area contributed by atoms with Crippen LogP contribution in [0.5, 0.6) is 0 Å². The minimum Gasteiger partial charge on any atom is -0.481 e. The number of carboxylic acids is 2. The predicted octanol–water partition coefficient (Wildman–Crippen LogP) is 2.67. The maximum absolute atomic E-state index is 12.2. The van der Waals surface area contributed by atoms with E-state index in [-0.39, 0.29) is 13.0 Å². The summed E-state index contributed by atoms with van der Waals surface area (Å²) < 4.78 is 5.31. The summed E-state index contributed by atoms with van der Waals surface area (Å²) >= 11 is 0. The summed E-state index contributed by atoms with van der Waals surface area (Å²) in [6.07, 6.45) is -0.240. The second-order valence-electron chi connectivity index (χ2n) is 8.49. The summed E-state index contributed by atoms with van der Waals surface area (Å²) in [4.78, 5) is 35.2. The summed E-state index contributed by atoms with van der Waals surface area (Å²) in [7, 11) is 0. The van der Waals surface area contributed by atoms with E-state index in [1.165, 1.54) is 13.8 Å². The lowest BCUT2D eigenvalue weighted by atomic mass is 9.89. The van der Waals surface area contributed by atoms with Crippen molar-refractivity contribution in [3.8, 4) is 0 Å². The highest BCUT2D eigenvalue weighted by atomic mass is 16.6. The van der Waals surface area contributed by atoms with Crippen LogP contribution in [0.2, 0.25) is 0 Å². The molecule has 0 aliphatic carbocycles. The zero-order valence-electron chi connectivity index (χ0n) is 17.7. The number of carbonyl (C=O) groups is 3. The molecule has 8 nitrogen and oxygen atoms in total. The maximum atomic E-state index is 12.2. The SMILES string of the molecule is CC(CC(C)(NCC(Cc1ccccc1)NC(=O)OC(C)(C)C)C(=O)O)C(=O)O. The van der Waals surface area contributed by atoms with Crippen LogP contribution >= 0.6 is 0 Å². The molecule has 0 aliphatic heterocycles. The predicted molar refractivity (Wildman–Crippen MR) is 109 cm³/mol. The topological polar surface area (TPSA) is 125 Å². The van der Waals surface area contributed by atoms with Gasteiger partial charge < -0.3 is 25.6 Å². The first-order valence-corrected chi connectivity index (χ1v) is 9.57. The fraction of sp³-hybridized carbons (Fsp3) is 0.571. The standard InChI is InChI=1S/C21H32N2O6/c1-14(17(24)25)12-21(5,18(26)27)22-13-16(11-15-9-7-6-8-10-15)23-19(28)29-20(2,3)4/h6-10,14,16,22H,11-13H2,1-5H3,(H,23,28)(H,24,25)(H,26,27). The molecule has 0 saturated carbocycles. The normalized spacial score (nSPS) is 15.6. The van der Waals surface area contributed by atoms with Gasteiger partial charge in [0.1, 0.15) is 11.1 Å². The van der Waals surface area contributed by atoms with Gasteiger partial charge in [0.25, 0.3) is 0 Å². The van der Waals surface area contributed by atoms with Crippen LogP contribution in [0.4, 0.5) is 4.79 Å². The molecule has 1 amide bonds. The first-order valence-electron chi connectivity index (χ1n) is 9.57.